The first-order chi connectivity index (χ1) is 6.68. The number of rotatable bonds is 1. The average Bonchev–Trinajstić information content (AvgIpc) is 2.66. The summed E-state index contributed by atoms with van der Waals surface area (Å²) in [5.74, 6) is 1.39. The summed E-state index contributed by atoms with van der Waals surface area (Å²) in [6, 6.07) is 0. The van der Waals surface area contributed by atoms with E-state index in [2.05, 4.69) is 19.9 Å². The summed E-state index contributed by atoms with van der Waals surface area (Å²) in [6.45, 7) is 3.92. The molecule has 0 aliphatic heterocycles. The van der Waals surface area contributed by atoms with Crippen LogP contribution in [-0.4, -0.2) is 19.9 Å². The highest BCUT2D eigenvalue weighted by Crippen LogP contribution is 2.11. The monoisotopic (exact) mass is 206 g/mol. The molecule has 0 fully saturated rings. The maximum atomic E-state index is 5.13. The second-order valence-corrected chi connectivity index (χ2v) is 3.47. The van der Waals surface area contributed by atoms with Crippen LogP contribution >= 0.6 is 12.2 Å². The lowest BCUT2D eigenvalue weighted by molar-refractivity contribution is 1.03. The van der Waals surface area contributed by atoms with Crippen molar-refractivity contribution in [2.75, 3.05) is 0 Å². The van der Waals surface area contributed by atoms with Gasteiger partial charge in [-0.25, -0.2) is 9.97 Å². The van der Waals surface area contributed by atoms with E-state index in [-0.39, 0.29) is 0 Å². The molecule has 72 valence electrons. The number of aromatic amines is 2. The first-order valence-electron chi connectivity index (χ1n) is 4.26. The number of imidazole rings is 1. The van der Waals surface area contributed by atoms with E-state index in [9.17, 15) is 0 Å². The van der Waals surface area contributed by atoms with Crippen LogP contribution in [0.2, 0.25) is 0 Å². The Morgan fingerprint density at radius 2 is 2.07 bits per heavy atom. The molecule has 0 spiro atoms. The molecule has 0 aliphatic carbocycles. The molecule has 0 saturated heterocycles. The molecule has 0 atom stereocenters. The maximum Gasteiger partial charge on any atom is 0.175 e. The van der Waals surface area contributed by atoms with Crippen LogP contribution in [0, 0.1) is 18.5 Å². The van der Waals surface area contributed by atoms with E-state index in [1.165, 1.54) is 0 Å². The molecule has 2 aromatic rings. The van der Waals surface area contributed by atoms with Crippen LogP contribution < -0.4 is 0 Å². The Morgan fingerprint density at radius 3 is 2.64 bits per heavy atom. The van der Waals surface area contributed by atoms with E-state index in [0.717, 1.165) is 11.3 Å². The number of hydrogen-bond acceptors (Lipinski definition) is 3. The van der Waals surface area contributed by atoms with E-state index in [0.29, 0.717) is 16.3 Å². The number of nitrogens with one attached hydrogen (secondary N) is 2. The lowest BCUT2D eigenvalue weighted by Gasteiger charge is -2.02. The van der Waals surface area contributed by atoms with Crippen molar-refractivity contribution >= 4 is 12.2 Å². The highest BCUT2D eigenvalue weighted by Gasteiger charge is 2.04. The van der Waals surface area contributed by atoms with Gasteiger partial charge in [0.1, 0.15) is 4.64 Å². The van der Waals surface area contributed by atoms with Gasteiger partial charge in [0.05, 0.1) is 0 Å². The molecule has 0 bridgehead atoms. The lowest BCUT2D eigenvalue weighted by atomic mass is 10.3. The number of nitrogens with zero attached hydrogens (tertiary/aromatic N) is 2. The van der Waals surface area contributed by atoms with Crippen molar-refractivity contribution in [2.24, 2.45) is 0 Å². The molecular formula is C9H10N4S. The molecule has 2 N–H and O–H groups in total. The van der Waals surface area contributed by atoms with Crippen molar-refractivity contribution in [3.63, 3.8) is 0 Å². The molecule has 0 saturated carbocycles. The molecule has 0 radical (unpaired) electrons. The van der Waals surface area contributed by atoms with E-state index in [1.807, 2.05) is 13.8 Å². The fourth-order valence-corrected chi connectivity index (χ4v) is 1.40. The molecule has 2 heterocycles. The molecule has 14 heavy (non-hydrogen) atoms. The predicted molar refractivity (Wildman–Crippen MR) is 56.5 cm³/mol. The molecule has 4 nitrogen and oxygen atoms in total. The lowest BCUT2D eigenvalue weighted by Crippen LogP contribution is -1.97. The maximum absolute atomic E-state index is 5.13. The van der Waals surface area contributed by atoms with Crippen molar-refractivity contribution in [3.8, 4) is 11.6 Å². The van der Waals surface area contributed by atoms with Crippen LogP contribution in [0.1, 0.15) is 11.3 Å². The SMILES string of the molecule is Cc1[nH]c(-c2ncc[nH]2)nc(=S)c1C. The van der Waals surface area contributed by atoms with Gasteiger partial charge in [-0.3, -0.25) is 0 Å². The fraction of sp³-hybridized carbons (Fsp3) is 0.222. The summed E-state index contributed by atoms with van der Waals surface area (Å²) in [6.07, 6.45) is 3.44. The number of hydrogen-bond donors (Lipinski definition) is 2. The zero-order valence-electron chi connectivity index (χ0n) is 7.96. The highest BCUT2D eigenvalue weighted by molar-refractivity contribution is 7.71. The second kappa shape index (κ2) is 3.34. The van der Waals surface area contributed by atoms with Crippen LogP contribution in [0.4, 0.5) is 0 Å². The van der Waals surface area contributed by atoms with E-state index >= 15 is 0 Å². The van der Waals surface area contributed by atoms with Crippen LogP contribution in [-0.2, 0) is 0 Å². The zero-order chi connectivity index (χ0) is 10.1. The van der Waals surface area contributed by atoms with Crippen molar-refractivity contribution in [1.29, 1.82) is 0 Å². The molecule has 0 unspecified atom stereocenters. The Hall–Kier alpha value is -1.49. The number of H-pyrrole nitrogens is 2. The first-order valence-corrected chi connectivity index (χ1v) is 4.66. The normalized spacial score (nSPS) is 10.4. The largest absolute Gasteiger partial charge is 0.342 e. The van der Waals surface area contributed by atoms with Crippen LogP contribution in [0.3, 0.4) is 0 Å². The molecule has 0 aromatic carbocycles. The van der Waals surface area contributed by atoms with Gasteiger partial charge in [-0.2, -0.15) is 0 Å². The van der Waals surface area contributed by atoms with Gasteiger partial charge in [-0.15, -0.1) is 0 Å². The van der Waals surface area contributed by atoms with Gasteiger partial charge in [0.25, 0.3) is 0 Å². The summed E-state index contributed by atoms with van der Waals surface area (Å²) in [5.41, 5.74) is 2.03. The number of aryl methyl sites for hydroxylation is 1. The smallest absolute Gasteiger partial charge is 0.175 e. The summed E-state index contributed by atoms with van der Waals surface area (Å²) in [4.78, 5) is 14.5. The standard InChI is InChI=1S/C9H10N4S/c1-5-6(2)12-8(13-9(5)14)7-10-3-4-11-7/h3-4H,1-2H3,(H,10,11)(H,12,13,14). The van der Waals surface area contributed by atoms with Gasteiger partial charge in [0.2, 0.25) is 0 Å². The minimum absolute atomic E-state index is 0.618. The van der Waals surface area contributed by atoms with Gasteiger partial charge in [-0.05, 0) is 13.8 Å². The third-order valence-electron chi connectivity index (χ3n) is 2.13. The van der Waals surface area contributed by atoms with Crippen LogP contribution in [0.15, 0.2) is 12.4 Å². The Balaban J connectivity index is 2.63. The van der Waals surface area contributed by atoms with Gasteiger partial charge < -0.3 is 9.97 Å². The summed E-state index contributed by atoms with van der Waals surface area (Å²) >= 11 is 5.13. The topological polar surface area (TPSA) is 57.4 Å². The van der Waals surface area contributed by atoms with Crippen molar-refractivity contribution in [2.45, 2.75) is 13.8 Å². The van der Waals surface area contributed by atoms with Gasteiger partial charge in [0.15, 0.2) is 11.6 Å². The van der Waals surface area contributed by atoms with Gasteiger partial charge in [-0.1, -0.05) is 12.2 Å². The highest BCUT2D eigenvalue weighted by atomic mass is 32.1. The third kappa shape index (κ3) is 1.46. The molecule has 2 aromatic heterocycles. The molecular weight excluding hydrogens is 196 g/mol. The summed E-state index contributed by atoms with van der Waals surface area (Å²) in [7, 11) is 0. The van der Waals surface area contributed by atoms with E-state index < -0.39 is 0 Å². The summed E-state index contributed by atoms with van der Waals surface area (Å²) < 4.78 is 0.618. The van der Waals surface area contributed by atoms with Crippen molar-refractivity contribution in [1.82, 2.24) is 19.9 Å². The average molecular weight is 206 g/mol. The fourth-order valence-electron chi connectivity index (χ4n) is 1.15. The quantitative estimate of drug-likeness (QED) is 0.703. The predicted octanol–water partition coefficient (Wildman–Crippen LogP) is 2.15. The minimum Gasteiger partial charge on any atom is -0.342 e. The molecule has 2 rings (SSSR count). The zero-order valence-corrected chi connectivity index (χ0v) is 8.77. The summed E-state index contributed by atoms with van der Waals surface area (Å²) in [5, 5.41) is 0. The Bertz CT molecular complexity index is 498. The number of aromatic nitrogens is 4. The van der Waals surface area contributed by atoms with Gasteiger partial charge in [0, 0.05) is 23.7 Å². The molecule has 0 aliphatic rings. The van der Waals surface area contributed by atoms with Gasteiger partial charge >= 0.3 is 0 Å². The van der Waals surface area contributed by atoms with Crippen molar-refractivity contribution in [3.05, 3.63) is 28.3 Å². The second-order valence-electron chi connectivity index (χ2n) is 3.08. The Morgan fingerprint density at radius 1 is 1.29 bits per heavy atom. The Kier molecular flexibility index (Phi) is 2.17. The minimum atomic E-state index is 0.618. The van der Waals surface area contributed by atoms with E-state index in [4.69, 9.17) is 12.2 Å². The third-order valence-corrected chi connectivity index (χ3v) is 2.52. The molecule has 5 heteroatoms. The van der Waals surface area contributed by atoms with Crippen molar-refractivity contribution < 1.29 is 0 Å². The Labute approximate surface area is 86.4 Å². The van der Waals surface area contributed by atoms with Crippen LogP contribution in [0.25, 0.3) is 11.6 Å². The molecule has 0 amide bonds. The first kappa shape index (κ1) is 9.08. The van der Waals surface area contributed by atoms with E-state index in [1.54, 1.807) is 12.4 Å². The van der Waals surface area contributed by atoms with Crippen LogP contribution in [0.5, 0.6) is 0 Å².